The fourth-order valence-electron chi connectivity index (χ4n) is 4.19. The molecular weight excluding hydrogens is 224 g/mol. The maximum absolute atomic E-state index is 9.77. The average Bonchev–Trinajstić information content (AvgIpc) is 2.69. The van der Waals surface area contributed by atoms with Gasteiger partial charge in [-0.1, -0.05) is 13.8 Å². The van der Waals surface area contributed by atoms with Crippen LogP contribution in [0.4, 0.5) is 0 Å². The van der Waals surface area contributed by atoms with Crippen LogP contribution in [0.25, 0.3) is 0 Å². The number of likely N-dealkylation sites (tertiary alicyclic amines) is 1. The Balaban J connectivity index is 2.01. The molecule has 2 aliphatic rings. The quantitative estimate of drug-likeness (QED) is 0.805. The lowest BCUT2D eigenvalue weighted by molar-refractivity contribution is 0.0564. The predicted octanol–water partition coefficient (Wildman–Crippen LogP) is 2.00. The first kappa shape index (κ1) is 14.3. The molecule has 0 bridgehead atoms. The molecular formula is C15H30N2O. The predicted molar refractivity (Wildman–Crippen MR) is 75.7 cm³/mol. The van der Waals surface area contributed by atoms with Crippen molar-refractivity contribution in [1.29, 1.82) is 0 Å². The number of nitrogens with zero attached hydrogens (tertiary/aromatic N) is 1. The maximum atomic E-state index is 9.77. The zero-order valence-corrected chi connectivity index (χ0v) is 12.3. The molecule has 0 amide bonds. The second-order valence-electron chi connectivity index (χ2n) is 6.61. The fraction of sp³-hybridized carbons (Fsp3) is 1.00. The Morgan fingerprint density at radius 2 is 2.17 bits per heavy atom. The van der Waals surface area contributed by atoms with Crippen LogP contribution in [0.3, 0.4) is 0 Å². The van der Waals surface area contributed by atoms with Crippen molar-refractivity contribution >= 4 is 0 Å². The molecule has 3 heteroatoms. The highest BCUT2D eigenvalue weighted by molar-refractivity contribution is 4.98. The zero-order chi connectivity index (χ0) is 13.2. The lowest BCUT2D eigenvalue weighted by Crippen LogP contribution is -2.56. The first-order valence-corrected chi connectivity index (χ1v) is 7.72. The number of hydrogen-bond acceptors (Lipinski definition) is 3. The van der Waals surface area contributed by atoms with E-state index in [1.807, 2.05) is 0 Å². The number of rotatable bonds is 4. The molecule has 106 valence electrons. The minimum atomic E-state index is -0.0107. The highest BCUT2D eigenvalue weighted by Gasteiger charge is 2.40. The van der Waals surface area contributed by atoms with E-state index in [1.165, 1.54) is 25.8 Å². The Morgan fingerprint density at radius 3 is 2.72 bits per heavy atom. The van der Waals surface area contributed by atoms with Crippen LogP contribution in [0.1, 0.15) is 52.9 Å². The van der Waals surface area contributed by atoms with Gasteiger partial charge in [-0.05, 0) is 51.5 Å². The molecule has 18 heavy (non-hydrogen) atoms. The third kappa shape index (κ3) is 2.89. The summed E-state index contributed by atoms with van der Waals surface area (Å²) in [4.78, 5) is 2.70. The van der Waals surface area contributed by atoms with Crippen molar-refractivity contribution in [3.63, 3.8) is 0 Å². The van der Waals surface area contributed by atoms with E-state index in [1.54, 1.807) is 0 Å². The topological polar surface area (TPSA) is 35.5 Å². The van der Waals surface area contributed by atoms with Crippen molar-refractivity contribution < 1.29 is 5.11 Å². The summed E-state index contributed by atoms with van der Waals surface area (Å²) in [5.41, 5.74) is -0.0107. The molecule has 0 spiro atoms. The molecule has 2 rings (SSSR count). The molecule has 2 N–H and O–H groups in total. The first-order valence-electron chi connectivity index (χ1n) is 7.72. The molecule has 4 atom stereocenters. The van der Waals surface area contributed by atoms with E-state index < -0.39 is 0 Å². The molecule has 1 aliphatic heterocycles. The largest absolute Gasteiger partial charge is 0.394 e. The normalized spacial score (nSPS) is 42.3. The molecule has 0 aromatic heterocycles. The summed E-state index contributed by atoms with van der Waals surface area (Å²) < 4.78 is 0. The molecule has 1 saturated heterocycles. The molecule has 4 unspecified atom stereocenters. The Hall–Kier alpha value is -0.120. The SMILES string of the molecule is CCNC1(CO)CCCC(N2CC(C)CC2C)C1. The summed E-state index contributed by atoms with van der Waals surface area (Å²) in [6.07, 6.45) is 6.14. The van der Waals surface area contributed by atoms with E-state index in [2.05, 4.69) is 31.0 Å². The molecule has 0 aromatic carbocycles. The van der Waals surface area contributed by atoms with Gasteiger partial charge in [0.05, 0.1) is 6.61 Å². The molecule has 0 aromatic rings. The smallest absolute Gasteiger partial charge is 0.0613 e. The molecule has 0 radical (unpaired) electrons. The third-order valence-corrected chi connectivity index (χ3v) is 4.97. The minimum Gasteiger partial charge on any atom is -0.394 e. The Bertz CT molecular complexity index is 267. The van der Waals surface area contributed by atoms with Gasteiger partial charge in [-0.2, -0.15) is 0 Å². The first-order chi connectivity index (χ1) is 8.60. The second kappa shape index (κ2) is 5.89. The van der Waals surface area contributed by atoms with Crippen LogP contribution in [-0.4, -0.2) is 47.3 Å². The summed E-state index contributed by atoms with van der Waals surface area (Å²) in [6, 6.07) is 1.39. The summed E-state index contributed by atoms with van der Waals surface area (Å²) in [6.45, 7) is 9.37. The zero-order valence-electron chi connectivity index (χ0n) is 12.3. The van der Waals surface area contributed by atoms with E-state index in [9.17, 15) is 5.11 Å². The second-order valence-corrected chi connectivity index (χ2v) is 6.61. The highest BCUT2D eigenvalue weighted by atomic mass is 16.3. The molecule has 1 heterocycles. The van der Waals surface area contributed by atoms with Crippen molar-refractivity contribution in [3.8, 4) is 0 Å². The average molecular weight is 254 g/mol. The molecule has 1 aliphatic carbocycles. The molecule has 2 fully saturated rings. The van der Waals surface area contributed by atoms with Crippen LogP contribution in [0.2, 0.25) is 0 Å². The van der Waals surface area contributed by atoms with Gasteiger partial charge in [-0.3, -0.25) is 4.90 Å². The number of aliphatic hydroxyl groups is 1. The molecule has 3 nitrogen and oxygen atoms in total. The van der Waals surface area contributed by atoms with E-state index >= 15 is 0 Å². The number of nitrogens with one attached hydrogen (secondary N) is 1. The standard InChI is InChI=1S/C15H30N2O/c1-4-16-15(11-18)7-5-6-14(9-15)17-10-12(2)8-13(17)3/h12-14,16,18H,4-11H2,1-3H3. The van der Waals surface area contributed by atoms with E-state index in [-0.39, 0.29) is 12.1 Å². The Kier molecular flexibility index (Phi) is 4.68. The molecule has 1 saturated carbocycles. The third-order valence-electron chi connectivity index (χ3n) is 4.97. The van der Waals surface area contributed by atoms with Crippen LogP contribution in [0, 0.1) is 5.92 Å². The van der Waals surface area contributed by atoms with Crippen LogP contribution in [0.15, 0.2) is 0 Å². The Labute approximate surface area is 112 Å². The van der Waals surface area contributed by atoms with Gasteiger partial charge in [0.1, 0.15) is 0 Å². The van der Waals surface area contributed by atoms with Gasteiger partial charge in [0, 0.05) is 24.2 Å². The van der Waals surface area contributed by atoms with Gasteiger partial charge < -0.3 is 10.4 Å². The van der Waals surface area contributed by atoms with Crippen LogP contribution < -0.4 is 5.32 Å². The lowest BCUT2D eigenvalue weighted by atomic mass is 9.78. The van der Waals surface area contributed by atoms with Crippen molar-refractivity contribution in [1.82, 2.24) is 10.2 Å². The van der Waals surface area contributed by atoms with Gasteiger partial charge in [-0.25, -0.2) is 0 Å². The van der Waals surface area contributed by atoms with Crippen molar-refractivity contribution in [2.45, 2.75) is 70.5 Å². The van der Waals surface area contributed by atoms with Crippen molar-refractivity contribution in [2.75, 3.05) is 19.7 Å². The van der Waals surface area contributed by atoms with Crippen molar-refractivity contribution in [3.05, 3.63) is 0 Å². The van der Waals surface area contributed by atoms with E-state index in [4.69, 9.17) is 0 Å². The minimum absolute atomic E-state index is 0.0107. The lowest BCUT2D eigenvalue weighted by Gasteiger charge is -2.44. The van der Waals surface area contributed by atoms with Gasteiger partial charge in [0.2, 0.25) is 0 Å². The van der Waals surface area contributed by atoms with Crippen molar-refractivity contribution in [2.24, 2.45) is 5.92 Å². The highest BCUT2D eigenvalue weighted by Crippen LogP contribution is 2.35. The monoisotopic (exact) mass is 254 g/mol. The summed E-state index contributed by atoms with van der Waals surface area (Å²) in [7, 11) is 0. The fourth-order valence-corrected chi connectivity index (χ4v) is 4.19. The van der Waals surface area contributed by atoms with E-state index in [0.717, 1.165) is 31.3 Å². The van der Waals surface area contributed by atoms with Gasteiger partial charge in [-0.15, -0.1) is 0 Å². The number of hydrogen-bond donors (Lipinski definition) is 2. The van der Waals surface area contributed by atoms with Crippen LogP contribution in [0.5, 0.6) is 0 Å². The maximum Gasteiger partial charge on any atom is 0.0613 e. The Morgan fingerprint density at radius 1 is 1.39 bits per heavy atom. The van der Waals surface area contributed by atoms with Gasteiger partial charge in [0.25, 0.3) is 0 Å². The van der Waals surface area contributed by atoms with Gasteiger partial charge >= 0.3 is 0 Å². The summed E-state index contributed by atoms with van der Waals surface area (Å²) in [5, 5.41) is 13.3. The van der Waals surface area contributed by atoms with Crippen LogP contribution in [-0.2, 0) is 0 Å². The van der Waals surface area contributed by atoms with Crippen LogP contribution >= 0.6 is 0 Å². The van der Waals surface area contributed by atoms with Gasteiger partial charge in [0.15, 0.2) is 0 Å². The van der Waals surface area contributed by atoms with E-state index in [0.29, 0.717) is 6.04 Å². The summed E-state index contributed by atoms with van der Waals surface area (Å²) in [5.74, 6) is 0.838. The number of aliphatic hydroxyl groups excluding tert-OH is 1. The number of likely N-dealkylation sites (N-methyl/N-ethyl adjacent to an activating group) is 1. The summed E-state index contributed by atoms with van der Waals surface area (Å²) >= 11 is 0.